The fourth-order valence-corrected chi connectivity index (χ4v) is 0.829. The van der Waals surface area contributed by atoms with Gasteiger partial charge >= 0.3 is 0 Å². The molecule has 0 aliphatic heterocycles. The number of hydrogen-bond acceptors (Lipinski definition) is 1. The highest BCUT2D eigenvalue weighted by molar-refractivity contribution is 5.57. The molecule has 0 bridgehead atoms. The van der Waals surface area contributed by atoms with Gasteiger partial charge in [0.05, 0.1) is 0 Å². The van der Waals surface area contributed by atoms with Crippen molar-refractivity contribution in [3.63, 3.8) is 0 Å². The first-order chi connectivity index (χ1) is 4.57. The normalized spacial score (nSPS) is 15.6. The Morgan fingerprint density at radius 1 is 1.20 bits per heavy atom. The molecule has 0 aromatic carbocycles. The average molecular weight is 139 g/mol. The van der Waals surface area contributed by atoms with E-state index in [1.807, 2.05) is 0 Å². The fraction of sp³-hybridized carbons (Fsp3) is 0.667. The van der Waals surface area contributed by atoms with Gasteiger partial charge in [0.25, 0.3) is 0 Å². The van der Waals surface area contributed by atoms with Crippen molar-refractivity contribution in [3.8, 4) is 0 Å². The molecule has 0 radical (unpaired) electrons. The zero-order valence-corrected chi connectivity index (χ0v) is 7.31. The van der Waals surface area contributed by atoms with Crippen LogP contribution in [0.2, 0.25) is 0 Å². The summed E-state index contributed by atoms with van der Waals surface area (Å²) in [5.41, 5.74) is 1.33. The zero-order valence-electron chi connectivity index (χ0n) is 7.31. The van der Waals surface area contributed by atoms with Gasteiger partial charge in [0.15, 0.2) is 0 Å². The molecule has 0 rings (SSSR count). The lowest BCUT2D eigenvalue weighted by atomic mass is 9.95. The molecule has 0 aliphatic carbocycles. The smallest absolute Gasteiger partial charge is 0.00137 e. The van der Waals surface area contributed by atoms with Gasteiger partial charge in [-0.05, 0) is 31.9 Å². The molecule has 0 aliphatic rings. The van der Waals surface area contributed by atoms with Gasteiger partial charge in [-0.3, -0.25) is 0 Å². The lowest BCUT2D eigenvalue weighted by molar-refractivity contribution is 0.594. The predicted molar refractivity (Wildman–Crippen MR) is 46.5 cm³/mol. The first-order valence-corrected chi connectivity index (χ1v) is 3.73. The first-order valence-electron chi connectivity index (χ1n) is 3.73. The van der Waals surface area contributed by atoms with E-state index < -0.39 is 0 Å². The van der Waals surface area contributed by atoms with Crippen LogP contribution in [-0.2, 0) is 0 Å². The second kappa shape index (κ2) is 4.26. The van der Waals surface area contributed by atoms with E-state index >= 15 is 0 Å². The largest absolute Gasteiger partial charge is 0.313 e. The molecule has 0 heterocycles. The molecule has 2 unspecified atom stereocenters. The molecule has 58 valence electrons. The Labute approximate surface area is 63.7 Å². The van der Waals surface area contributed by atoms with Gasteiger partial charge in [0.1, 0.15) is 0 Å². The van der Waals surface area contributed by atoms with Gasteiger partial charge in [0, 0.05) is 0 Å². The lowest BCUT2D eigenvalue weighted by Crippen LogP contribution is -2.05. The Bertz CT molecular complexity index is 132. The maximum Gasteiger partial charge on any atom is -0.00137 e. The molecular weight excluding hydrogens is 122 g/mol. The molecular formula is C9H17N. The highest BCUT2D eigenvalue weighted by atomic mass is 14.3. The maximum absolute atomic E-state index is 7.03. The van der Waals surface area contributed by atoms with Crippen LogP contribution in [0.15, 0.2) is 11.6 Å². The summed E-state index contributed by atoms with van der Waals surface area (Å²) in [6.45, 7) is 8.39. The van der Waals surface area contributed by atoms with Gasteiger partial charge < -0.3 is 5.41 Å². The molecule has 0 amide bonds. The van der Waals surface area contributed by atoms with E-state index in [-0.39, 0.29) is 0 Å². The Morgan fingerprint density at radius 2 is 1.70 bits per heavy atom. The van der Waals surface area contributed by atoms with Crippen LogP contribution < -0.4 is 0 Å². The van der Waals surface area contributed by atoms with Crippen LogP contribution >= 0.6 is 0 Å². The van der Waals surface area contributed by atoms with Crippen molar-refractivity contribution in [3.05, 3.63) is 11.6 Å². The van der Waals surface area contributed by atoms with Crippen molar-refractivity contribution in [2.24, 2.45) is 11.8 Å². The second-order valence-corrected chi connectivity index (χ2v) is 3.13. The van der Waals surface area contributed by atoms with E-state index in [0.29, 0.717) is 11.8 Å². The van der Waals surface area contributed by atoms with E-state index in [9.17, 15) is 0 Å². The van der Waals surface area contributed by atoms with Crippen LogP contribution in [-0.4, -0.2) is 6.21 Å². The van der Waals surface area contributed by atoms with Gasteiger partial charge in [-0.1, -0.05) is 25.5 Å². The highest BCUT2D eigenvalue weighted by Gasteiger charge is 2.04. The molecule has 10 heavy (non-hydrogen) atoms. The first kappa shape index (κ1) is 9.41. The van der Waals surface area contributed by atoms with Crippen LogP contribution in [0.4, 0.5) is 0 Å². The summed E-state index contributed by atoms with van der Waals surface area (Å²) in [6, 6.07) is 0. The van der Waals surface area contributed by atoms with Crippen molar-refractivity contribution in [1.82, 2.24) is 0 Å². The van der Waals surface area contributed by atoms with E-state index in [1.165, 1.54) is 11.8 Å². The zero-order chi connectivity index (χ0) is 8.15. The minimum atomic E-state index is 0.370. The summed E-state index contributed by atoms with van der Waals surface area (Å²) in [5, 5.41) is 7.03. The summed E-state index contributed by atoms with van der Waals surface area (Å²) in [7, 11) is 0. The van der Waals surface area contributed by atoms with E-state index in [1.54, 1.807) is 0 Å². The monoisotopic (exact) mass is 139 g/mol. The predicted octanol–water partition coefficient (Wildman–Crippen LogP) is 2.87. The third kappa shape index (κ3) is 3.44. The fourth-order valence-electron chi connectivity index (χ4n) is 0.829. The van der Waals surface area contributed by atoms with Crippen molar-refractivity contribution in [2.45, 2.75) is 27.7 Å². The minimum absolute atomic E-state index is 0.370. The van der Waals surface area contributed by atoms with Crippen LogP contribution in [0.3, 0.4) is 0 Å². The van der Waals surface area contributed by atoms with Crippen molar-refractivity contribution in [2.75, 3.05) is 0 Å². The summed E-state index contributed by atoms with van der Waals surface area (Å²) < 4.78 is 0. The van der Waals surface area contributed by atoms with E-state index in [4.69, 9.17) is 5.41 Å². The quantitative estimate of drug-likeness (QED) is 0.459. The van der Waals surface area contributed by atoms with E-state index in [0.717, 1.165) is 0 Å². The molecule has 1 nitrogen and oxygen atoms in total. The maximum atomic E-state index is 7.03. The summed E-state index contributed by atoms with van der Waals surface area (Å²) in [5.74, 6) is 0.873. The third-order valence-electron chi connectivity index (χ3n) is 1.69. The van der Waals surface area contributed by atoms with Crippen molar-refractivity contribution < 1.29 is 0 Å². The number of hydrogen-bond donors (Lipinski definition) is 1. The third-order valence-corrected chi connectivity index (χ3v) is 1.69. The van der Waals surface area contributed by atoms with Crippen LogP contribution in [0.25, 0.3) is 0 Å². The van der Waals surface area contributed by atoms with Gasteiger partial charge in [-0.2, -0.15) is 0 Å². The Kier molecular flexibility index (Phi) is 4.01. The minimum Gasteiger partial charge on any atom is -0.313 e. The molecule has 0 spiro atoms. The molecule has 0 aromatic heterocycles. The summed E-state index contributed by atoms with van der Waals surface area (Å²) in [4.78, 5) is 0. The van der Waals surface area contributed by atoms with Crippen molar-refractivity contribution >= 4 is 6.21 Å². The SMILES string of the molecule is CC(C)=CC(C)C(C)C=N. The molecule has 0 saturated carbocycles. The van der Waals surface area contributed by atoms with Crippen LogP contribution in [0.5, 0.6) is 0 Å². The number of nitrogens with one attached hydrogen (secondary N) is 1. The Balaban J connectivity index is 3.95. The lowest BCUT2D eigenvalue weighted by Gasteiger charge is -2.10. The molecule has 1 heteroatoms. The number of allylic oxidation sites excluding steroid dienone is 2. The highest BCUT2D eigenvalue weighted by Crippen LogP contribution is 2.11. The standard InChI is InChI=1S/C9H17N/c1-7(2)5-8(3)9(4)6-10/h5-6,8-10H,1-4H3. The topological polar surface area (TPSA) is 23.9 Å². The van der Waals surface area contributed by atoms with Gasteiger partial charge in [-0.25, -0.2) is 0 Å². The molecule has 0 aromatic rings. The number of rotatable bonds is 3. The molecule has 1 N–H and O–H groups in total. The van der Waals surface area contributed by atoms with Crippen LogP contribution in [0.1, 0.15) is 27.7 Å². The van der Waals surface area contributed by atoms with Crippen molar-refractivity contribution in [1.29, 1.82) is 5.41 Å². The molecule has 0 saturated heterocycles. The molecule has 0 fully saturated rings. The average Bonchev–Trinajstić information content (AvgIpc) is 1.85. The van der Waals surface area contributed by atoms with Gasteiger partial charge in [-0.15, -0.1) is 0 Å². The summed E-state index contributed by atoms with van der Waals surface area (Å²) in [6.07, 6.45) is 3.71. The Hall–Kier alpha value is -0.590. The van der Waals surface area contributed by atoms with E-state index in [2.05, 4.69) is 33.8 Å². The second-order valence-electron chi connectivity index (χ2n) is 3.13. The van der Waals surface area contributed by atoms with Crippen LogP contribution in [0, 0.1) is 17.2 Å². The molecule has 2 atom stereocenters. The summed E-state index contributed by atoms with van der Waals surface area (Å²) >= 11 is 0. The Morgan fingerprint density at radius 3 is 2.00 bits per heavy atom. The van der Waals surface area contributed by atoms with Gasteiger partial charge in [0.2, 0.25) is 0 Å².